The molecule has 0 aliphatic heterocycles. The number of nitrogens with zero attached hydrogens (tertiary/aromatic N) is 1. The molecule has 2 aromatic carbocycles. The fourth-order valence-corrected chi connectivity index (χ4v) is 3.55. The first-order chi connectivity index (χ1) is 14.8. The number of aromatic nitrogens is 2. The summed E-state index contributed by atoms with van der Waals surface area (Å²) in [6.07, 6.45) is 0.190. The molecule has 0 spiro atoms. The standard InChI is InChI=1S/C23H19F2N3O3/c1-12-17-4-3-5-18(25)22(17)31-21(12)23(30)28-19(14-6-8-15(24)9-7-14)10-16-11-20(29)27-13(2)26-16/h3-9,11,19H,10H2,1-2H3,(H,28,30)(H,26,27,29)/t19-/m1/s1. The third kappa shape index (κ3) is 4.23. The summed E-state index contributed by atoms with van der Waals surface area (Å²) in [4.78, 5) is 31.7. The molecule has 31 heavy (non-hydrogen) atoms. The number of carbonyl (C=O) groups is 1. The Morgan fingerprint density at radius 2 is 1.90 bits per heavy atom. The molecule has 4 rings (SSSR count). The predicted octanol–water partition coefficient (Wildman–Crippen LogP) is 4.12. The van der Waals surface area contributed by atoms with Gasteiger partial charge in [0.1, 0.15) is 11.6 Å². The number of hydrogen-bond donors (Lipinski definition) is 2. The van der Waals surface area contributed by atoms with Crippen molar-refractivity contribution in [1.29, 1.82) is 0 Å². The number of carbonyl (C=O) groups excluding carboxylic acids is 1. The van der Waals surface area contributed by atoms with Gasteiger partial charge in [-0.1, -0.05) is 24.3 Å². The van der Waals surface area contributed by atoms with E-state index in [9.17, 15) is 18.4 Å². The van der Waals surface area contributed by atoms with Gasteiger partial charge in [-0.2, -0.15) is 0 Å². The van der Waals surface area contributed by atoms with Crippen molar-refractivity contribution >= 4 is 16.9 Å². The maximum absolute atomic E-state index is 14.1. The summed E-state index contributed by atoms with van der Waals surface area (Å²) in [5, 5.41) is 3.36. The Hall–Kier alpha value is -3.81. The number of halogens is 2. The van der Waals surface area contributed by atoms with Crippen LogP contribution in [0.1, 0.15) is 39.2 Å². The molecule has 0 saturated heterocycles. The number of hydrogen-bond acceptors (Lipinski definition) is 4. The second-order valence-corrected chi connectivity index (χ2v) is 7.28. The summed E-state index contributed by atoms with van der Waals surface area (Å²) in [7, 11) is 0. The molecule has 1 atom stereocenters. The van der Waals surface area contributed by atoms with Gasteiger partial charge in [0.15, 0.2) is 17.2 Å². The highest BCUT2D eigenvalue weighted by atomic mass is 19.1. The quantitative estimate of drug-likeness (QED) is 0.505. The fraction of sp³-hybridized carbons (Fsp3) is 0.174. The highest BCUT2D eigenvalue weighted by Crippen LogP contribution is 2.28. The average molecular weight is 423 g/mol. The van der Waals surface area contributed by atoms with Gasteiger partial charge in [-0.05, 0) is 37.6 Å². The number of aryl methyl sites for hydroxylation is 2. The molecular formula is C23H19F2N3O3. The molecule has 2 N–H and O–H groups in total. The van der Waals surface area contributed by atoms with Gasteiger partial charge in [-0.25, -0.2) is 13.8 Å². The molecule has 0 aliphatic carbocycles. The van der Waals surface area contributed by atoms with Gasteiger partial charge in [0.25, 0.3) is 11.5 Å². The molecule has 0 bridgehead atoms. The van der Waals surface area contributed by atoms with Crippen molar-refractivity contribution in [3.63, 3.8) is 0 Å². The van der Waals surface area contributed by atoms with E-state index in [1.807, 2.05) is 0 Å². The third-order valence-electron chi connectivity index (χ3n) is 5.03. The number of benzene rings is 2. The van der Waals surface area contributed by atoms with Crippen LogP contribution in [0, 0.1) is 25.5 Å². The van der Waals surface area contributed by atoms with E-state index < -0.39 is 23.6 Å². The molecule has 0 fully saturated rings. The van der Waals surface area contributed by atoms with E-state index in [0.29, 0.717) is 28.0 Å². The zero-order valence-corrected chi connectivity index (χ0v) is 16.8. The van der Waals surface area contributed by atoms with Gasteiger partial charge in [0.2, 0.25) is 0 Å². The number of nitrogens with one attached hydrogen (secondary N) is 2. The minimum Gasteiger partial charge on any atom is -0.448 e. The van der Waals surface area contributed by atoms with Crippen molar-refractivity contribution in [1.82, 2.24) is 15.3 Å². The van der Waals surface area contributed by atoms with Crippen LogP contribution in [-0.4, -0.2) is 15.9 Å². The number of fused-ring (bicyclic) bond motifs is 1. The average Bonchev–Trinajstić information content (AvgIpc) is 3.05. The highest BCUT2D eigenvalue weighted by Gasteiger charge is 2.23. The number of furan rings is 1. The molecule has 0 radical (unpaired) electrons. The lowest BCUT2D eigenvalue weighted by atomic mass is 10.0. The first-order valence-electron chi connectivity index (χ1n) is 9.62. The summed E-state index contributed by atoms with van der Waals surface area (Å²) in [6.45, 7) is 3.33. The Balaban J connectivity index is 1.69. The lowest BCUT2D eigenvalue weighted by Crippen LogP contribution is -2.30. The van der Waals surface area contributed by atoms with E-state index in [-0.39, 0.29) is 23.3 Å². The zero-order valence-electron chi connectivity index (χ0n) is 16.8. The van der Waals surface area contributed by atoms with Gasteiger partial charge >= 0.3 is 0 Å². The molecular weight excluding hydrogens is 404 g/mol. The van der Waals surface area contributed by atoms with Crippen LogP contribution < -0.4 is 10.9 Å². The Bertz CT molecular complexity index is 1330. The molecule has 0 saturated carbocycles. The van der Waals surface area contributed by atoms with Gasteiger partial charge in [-0.15, -0.1) is 0 Å². The van der Waals surface area contributed by atoms with Gasteiger partial charge in [-0.3, -0.25) is 9.59 Å². The molecule has 2 heterocycles. The Morgan fingerprint density at radius 1 is 1.16 bits per heavy atom. The normalized spacial score (nSPS) is 12.1. The maximum Gasteiger partial charge on any atom is 0.287 e. The SMILES string of the molecule is Cc1nc(C[C@@H](NC(=O)c2oc3c(F)cccc3c2C)c2ccc(F)cc2)cc(=O)[nH]1. The van der Waals surface area contributed by atoms with Crippen LogP contribution >= 0.6 is 0 Å². The molecule has 158 valence electrons. The molecule has 2 aromatic heterocycles. The van der Waals surface area contributed by atoms with Crippen LogP contribution in [0.3, 0.4) is 0 Å². The summed E-state index contributed by atoms with van der Waals surface area (Å²) in [5.41, 5.74) is 1.29. The van der Waals surface area contributed by atoms with E-state index in [2.05, 4.69) is 15.3 Å². The van der Waals surface area contributed by atoms with Crippen LogP contribution in [0.5, 0.6) is 0 Å². The van der Waals surface area contributed by atoms with Gasteiger partial charge < -0.3 is 14.7 Å². The second kappa shape index (κ2) is 8.14. The highest BCUT2D eigenvalue weighted by molar-refractivity contribution is 5.99. The maximum atomic E-state index is 14.1. The van der Waals surface area contributed by atoms with Crippen molar-refractivity contribution < 1.29 is 18.0 Å². The van der Waals surface area contributed by atoms with Crippen molar-refractivity contribution in [3.8, 4) is 0 Å². The first-order valence-corrected chi connectivity index (χ1v) is 9.62. The Kier molecular flexibility index (Phi) is 5.37. The van der Waals surface area contributed by atoms with Crippen LogP contribution in [0.25, 0.3) is 11.0 Å². The topological polar surface area (TPSA) is 88.0 Å². The van der Waals surface area contributed by atoms with Crippen LogP contribution in [-0.2, 0) is 6.42 Å². The number of H-pyrrole nitrogens is 1. The summed E-state index contributed by atoms with van der Waals surface area (Å²) in [5.74, 6) is -1.10. The summed E-state index contributed by atoms with van der Waals surface area (Å²) in [6, 6.07) is 10.9. The van der Waals surface area contributed by atoms with Gasteiger partial charge in [0, 0.05) is 23.4 Å². The molecule has 6 nitrogen and oxygen atoms in total. The smallest absolute Gasteiger partial charge is 0.287 e. The zero-order chi connectivity index (χ0) is 22.1. The third-order valence-corrected chi connectivity index (χ3v) is 5.03. The number of para-hydroxylation sites is 1. The fourth-order valence-electron chi connectivity index (χ4n) is 3.55. The minimum atomic E-state index is -0.626. The van der Waals surface area contributed by atoms with Crippen LogP contribution in [0.15, 0.2) is 57.7 Å². The molecule has 0 unspecified atom stereocenters. The number of amides is 1. The van der Waals surface area contributed by atoms with E-state index in [1.165, 1.54) is 24.3 Å². The lowest BCUT2D eigenvalue weighted by Gasteiger charge is -2.19. The summed E-state index contributed by atoms with van der Waals surface area (Å²) >= 11 is 0. The predicted molar refractivity (Wildman–Crippen MR) is 111 cm³/mol. The summed E-state index contributed by atoms with van der Waals surface area (Å²) < 4.78 is 33.0. The number of aromatic amines is 1. The second-order valence-electron chi connectivity index (χ2n) is 7.28. The molecule has 1 amide bonds. The van der Waals surface area contributed by atoms with Crippen molar-refractivity contribution in [3.05, 3.63) is 98.9 Å². The largest absolute Gasteiger partial charge is 0.448 e. The molecule has 0 aliphatic rings. The monoisotopic (exact) mass is 423 g/mol. The van der Waals surface area contributed by atoms with Gasteiger partial charge in [0.05, 0.1) is 11.7 Å². The van der Waals surface area contributed by atoms with E-state index in [1.54, 1.807) is 38.1 Å². The first kappa shape index (κ1) is 20.5. The van der Waals surface area contributed by atoms with Crippen LogP contribution in [0.2, 0.25) is 0 Å². The van der Waals surface area contributed by atoms with E-state index in [4.69, 9.17) is 4.42 Å². The van der Waals surface area contributed by atoms with Crippen molar-refractivity contribution in [2.24, 2.45) is 0 Å². The molecule has 8 heteroatoms. The number of rotatable bonds is 5. The Morgan fingerprint density at radius 3 is 2.58 bits per heavy atom. The van der Waals surface area contributed by atoms with Crippen LogP contribution in [0.4, 0.5) is 8.78 Å². The van der Waals surface area contributed by atoms with Crippen molar-refractivity contribution in [2.45, 2.75) is 26.3 Å². The molecule has 4 aromatic rings. The van der Waals surface area contributed by atoms with Crippen molar-refractivity contribution in [2.75, 3.05) is 0 Å². The lowest BCUT2D eigenvalue weighted by molar-refractivity contribution is 0.0909. The minimum absolute atomic E-state index is 0.00960. The van der Waals surface area contributed by atoms with E-state index >= 15 is 0 Å². The van der Waals surface area contributed by atoms with E-state index in [0.717, 1.165) is 0 Å². The Labute approximate surface area is 175 Å².